The third-order valence-electron chi connectivity index (χ3n) is 5.17. The van der Waals surface area contributed by atoms with E-state index >= 15 is 0 Å². The predicted molar refractivity (Wildman–Crippen MR) is 98.4 cm³/mol. The first-order valence-corrected chi connectivity index (χ1v) is 9.03. The Morgan fingerprint density at radius 1 is 1.04 bits per heavy atom. The van der Waals surface area contributed by atoms with Crippen molar-refractivity contribution in [3.05, 3.63) is 0 Å². The molecule has 1 fully saturated rings. The summed E-state index contributed by atoms with van der Waals surface area (Å²) in [7, 11) is 5.11. The van der Waals surface area contributed by atoms with Gasteiger partial charge in [-0.15, -0.1) is 0 Å². The van der Waals surface area contributed by atoms with Gasteiger partial charge in [0, 0.05) is 13.6 Å². The fourth-order valence-corrected chi connectivity index (χ4v) is 2.99. The minimum absolute atomic E-state index is 0.0321. The lowest BCUT2D eigenvalue weighted by Crippen LogP contribution is -2.55. The van der Waals surface area contributed by atoms with Crippen molar-refractivity contribution in [3.8, 4) is 0 Å². The fourth-order valence-electron chi connectivity index (χ4n) is 2.99. The third kappa shape index (κ3) is 5.03. The number of hydrogen-bond acceptors (Lipinski definition) is 5. The molecule has 0 aromatic heterocycles. The highest BCUT2D eigenvalue weighted by molar-refractivity contribution is 5.94. The molecule has 1 heterocycles. The second-order valence-electron chi connectivity index (χ2n) is 7.30. The standard InChI is InChI=1S/C18H32N4O4/c1-11(19-16(24)12(2)20(5)6)17(25)21(7)13(3)18(26)22-10-8-9-15(22)14(4)23/h11-13,15H,8-10H2,1-7H3,(H,19,24). The van der Waals surface area contributed by atoms with Crippen molar-refractivity contribution >= 4 is 23.5 Å². The molecule has 3 amide bonds. The van der Waals surface area contributed by atoms with Gasteiger partial charge in [-0.1, -0.05) is 0 Å². The lowest BCUT2D eigenvalue weighted by atomic mass is 10.1. The number of rotatable bonds is 7. The molecule has 0 aromatic rings. The lowest BCUT2D eigenvalue weighted by molar-refractivity contribution is -0.147. The molecule has 1 saturated heterocycles. The van der Waals surface area contributed by atoms with E-state index in [-0.39, 0.29) is 29.5 Å². The van der Waals surface area contributed by atoms with Gasteiger partial charge in [-0.05, 0) is 54.6 Å². The maximum atomic E-state index is 12.7. The van der Waals surface area contributed by atoms with Gasteiger partial charge in [0.25, 0.3) is 0 Å². The minimum atomic E-state index is -0.743. The van der Waals surface area contributed by atoms with Crippen molar-refractivity contribution in [1.29, 1.82) is 0 Å². The summed E-state index contributed by atoms with van der Waals surface area (Å²) in [5.41, 5.74) is 0. The van der Waals surface area contributed by atoms with Gasteiger partial charge >= 0.3 is 0 Å². The number of carbonyl (C=O) groups excluding carboxylic acids is 4. The van der Waals surface area contributed by atoms with Crippen molar-refractivity contribution in [2.45, 2.75) is 64.7 Å². The molecular weight excluding hydrogens is 336 g/mol. The first-order chi connectivity index (χ1) is 12.0. The van der Waals surface area contributed by atoms with Gasteiger partial charge in [-0.25, -0.2) is 0 Å². The highest BCUT2D eigenvalue weighted by atomic mass is 16.2. The van der Waals surface area contributed by atoms with Crippen LogP contribution in [0.3, 0.4) is 0 Å². The average Bonchev–Trinajstić information content (AvgIpc) is 3.07. The van der Waals surface area contributed by atoms with Crippen molar-refractivity contribution in [3.63, 3.8) is 0 Å². The van der Waals surface area contributed by atoms with Crippen LogP contribution in [0.25, 0.3) is 0 Å². The summed E-state index contributed by atoms with van der Waals surface area (Å²) in [5.74, 6) is -0.864. The maximum absolute atomic E-state index is 12.7. The summed E-state index contributed by atoms with van der Waals surface area (Å²) >= 11 is 0. The van der Waals surface area contributed by atoms with Crippen LogP contribution in [0.4, 0.5) is 0 Å². The van der Waals surface area contributed by atoms with Crippen molar-refractivity contribution in [2.24, 2.45) is 0 Å². The number of nitrogens with one attached hydrogen (secondary N) is 1. The van der Waals surface area contributed by atoms with E-state index in [4.69, 9.17) is 0 Å². The molecule has 0 aliphatic carbocycles. The van der Waals surface area contributed by atoms with Crippen LogP contribution in [0, 0.1) is 0 Å². The monoisotopic (exact) mass is 368 g/mol. The van der Waals surface area contributed by atoms with Crippen LogP contribution in [0.5, 0.6) is 0 Å². The smallest absolute Gasteiger partial charge is 0.245 e. The molecule has 1 N–H and O–H groups in total. The normalized spacial score (nSPS) is 20.5. The van der Waals surface area contributed by atoms with Crippen molar-refractivity contribution in [2.75, 3.05) is 27.7 Å². The van der Waals surface area contributed by atoms with Gasteiger partial charge in [0.15, 0.2) is 5.78 Å². The Kier molecular flexibility index (Phi) is 7.74. The zero-order valence-electron chi connectivity index (χ0n) is 16.9. The molecule has 148 valence electrons. The number of hydrogen-bond donors (Lipinski definition) is 1. The predicted octanol–water partition coefficient (Wildman–Crippen LogP) is -0.132. The molecule has 0 bridgehead atoms. The zero-order valence-corrected chi connectivity index (χ0v) is 16.9. The van der Waals surface area contributed by atoms with E-state index in [1.807, 2.05) is 0 Å². The van der Waals surface area contributed by atoms with Crippen LogP contribution in [0.2, 0.25) is 0 Å². The molecule has 1 rings (SSSR count). The number of likely N-dealkylation sites (N-methyl/N-ethyl adjacent to an activating group) is 2. The Labute approximate surface area is 155 Å². The van der Waals surface area contributed by atoms with Crippen LogP contribution >= 0.6 is 0 Å². The average molecular weight is 368 g/mol. The highest BCUT2D eigenvalue weighted by Crippen LogP contribution is 2.20. The van der Waals surface area contributed by atoms with Gasteiger partial charge in [0.2, 0.25) is 17.7 Å². The number of amides is 3. The van der Waals surface area contributed by atoms with Crippen LogP contribution < -0.4 is 5.32 Å². The third-order valence-corrected chi connectivity index (χ3v) is 5.17. The summed E-state index contributed by atoms with van der Waals surface area (Å²) in [6.07, 6.45) is 1.45. The Hall–Kier alpha value is -1.96. The molecule has 8 heteroatoms. The van der Waals surface area contributed by atoms with E-state index < -0.39 is 18.1 Å². The van der Waals surface area contributed by atoms with Crippen LogP contribution in [0.15, 0.2) is 0 Å². The molecule has 4 unspecified atom stereocenters. The van der Waals surface area contributed by atoms with Crippen molar-refractivity contribution < 1.29 is 19.2 Å². The largest absolute Gasteiger partial charge is 0.343 e. The number of nitrogens with zero attached hydrogens (tertiary/aromatic N) is 3. The Morgan fingerprint density at radius 2 is 1.62 bits per heavy atom. The molecule has 4 atom stereocenters. The summed E-state index contributed by atoms with van der Waals surface area (Å²) in [4.78, 5) is 53.8. The second kappa shape index (κ2) is 9.12. The van der Waals surface area contributed by atoms with Gasteiger partial charge in [-0.3, -0.25) is 24.1 Å². The van der Waals surface area contributed by atoms with Gasteiger partial charge in [0.1, 0.15) is 12.1 Å². The SMILES string of the molecule is CC(=O)C1CCCN1C(=O)C(C)N(C)C(=O)C(C)NC(=O)C(C)N(C)C. The Balaban J connectivity index is 2.73. The first-order valence-electron chi connectivity index (χ1n) is 9.03. The van der Waals surface area contributed by atoms with Crippen LogP contribution in [0.1, 0.15) is 40.5 Å². The number of carbonyl (C=O) groups is 4. The lowest BCUT2D eigenvalue weighted by Gasteiger charge is -2.32. The van der Waals surface area contributed by atoms with Crippen LogP contribution in [-0.4, -0.2) is 90.1 Å². The molecule has 0 radical (unpaired) electrons. The van der Waals surface area contributed by atoms with Crippen molar-refractivity contribution in [1.82, 2.24) is 20.0 Å². The van der Waals surface area contributed by atoms with E-state index in [9.17, 15) is 19.2 Å². The summed E-state index contributed by atoms with van der Waals surface area (Å²) < 4.78 is 0. The Morgan fingerprint density at radius 3 is 2.12 bits per heavy atom. The number of Topliss-reactive ketones (excluding diaryl/α,β-unsaturated/α-hetero) is 1. The fraction of sp³-hybridized carbons (Fsp3) is 0.778. The molecule has 26 heavy (non-hydrogen) atoms. The quantitative estimate of drug-likeness (QED) is 0.676. The van der Waals surface area contributed by atoms with E-state index in [0.717, 1.165) is 6.42 Å². The zero-order chi connectivity index (χ0) is 20.2. The second-order valence-corrected chi connectivity index (χ2v) is 7.30. The number of ketones is 1. The van der Waals surface area contributed by atoms with Gasteiger partial charge in [-0.2, -0.15) is 0 Å². The molecule has 8 nitrogen and oxygen atoms in total. The summed E-state index contributed by atoms with van der Waals surface area (Å²) in [6, 6.07) is -2.21. The molecular formula is C18H32N4O4. The van der Waals surface area contributed by atoms with Gasteiger partial charge in [0.05, 0.1) is 12.1 Å². The summed E-state index contributed by atoms with van der Waals surface area (Å²) in [6.45, 7) is 7.01. The molecule has 0 saturated carbocycles. The van der Waals surface area contributed by atoms with E-state index in [1.165, 1.54) is 11.8 Å². The van der Waals surface area contributed by atoms with Gasteiger partial charge < -0.3 is 15.1 Å². The molecule has 1 aliphatic heterocycles. The van der Waals surface area contributed by atoms with E-state index in [0.29, 0.717) is 13.0 Å². The van der Waals surface area contributed by atoms with E-state index in [2.05, 4.69) is 5.32 Å². The number of likely N-dealkylation sites (tertiary alicyclic amines) is 1. The van der Waals surface area contributed by atoms with Crippen LogP contribution in [-0.2, 0) is 19.2 Å². The topological polar surface area (TPSA) is 90.0 Å². The van der Waals surface area contributed by atoms with E-state index in [1.54, 1.807) is 51.7 Å². The first kappa shape index (κ1) is 22.1. The molecule has 1 aliphatic rings. The molecule has 0 aromatic carbocycles. The minimum Gasteiger partial charge on any atom is -0.343 e. The Bertz CT molecular complexity index is 563. The summed E-state index contributed by atoms with van der Waals surface area (Å²) in [5, 5.41) is 2.68. The molecule has 0 spiro atoms. The maximum Gasteiger partial charge on any atom is 0.245 e. The highest BCUT2D eigenvalue weighted by Gasteiger charge is 2.37.